The molecule has 4 rings (SSSR count). The zero-order chi connectivity index (χ0) is 17.4. The number of nitrogens with zero attached hydrogens (tertiary/aromatic N) is 1. The van der Waals surface area contributed by atoms with Gasteiger partial charge in [-0.3, -0.25) is 9.59 Å². The van der Waals surface area contributed by atoms with Crippen LogP contribution < -0.4 is 19.7 Å². The van der Waals surface area contributed by atoms with Crippen LogP contribution in [-0.4, -0.2) is 24.6 Å². The molecule has 2 aliphatic heterocycles. The lowest BCUT2D eigenvalue weighted by Crippen LogP contribution is -2.38. The number of amides is 2. The first-order valence-electron chi connectivity index (χ1n) is 7.86. The number of ether oxygens (including phenoxy) is 2. The van der Waals surface area contributed by atoms with E-state index in [1.165, 1.54) is 4.90 Å². The van der Waals surface area contributed by atoms with Crippen molar-refractivity contribution in [3.63, 3.8) is 0 Å². The average molecular weight is 359 g/mol. The number of nitrogens with one attached hydrogen (secondary N) is 1. The molecule has 2 aromatic rings. The van der Waals surface area contributed by atoms with Crippen LogP contribution in [0.1, 0.15) is 12.0 Å². The minimum absolute atomic E-state index is 0.131. The van der Waals surface area contributed by atoms with Gasteiger partial charge >= 0.3 is 0 Å². The minimum Gasteiger partial charge on any atom is -0.454 e. The lowest BCUT2D eigenvalue weighted by atomic mass is 10.1. The molecule has 1 N–H and O–H groups in total. The Morgan fingerprint density at radius 3 is 2.64 bits per heavy atom. The maximum absolute atomic E-state index is 12.6. The summed E-state index contributed by atoms with van der Waals surface area (Å²) in [5.41, 5.74) is 1.49. The second-order valence-electron chi connectivity index (χ2n) is 5.87. The zero-order valence-electron chi connectivity index (χ0n) is 13.2. The summed E-state index contributed by atoms with van der Waals surface area (Å²) in [5.74, 6) is 0.921. The van der Waals surface area contributed by atoms with Gasteiger partial charge in [-0.2, -0.15) is 0 Å². The Morgan fingerprint density at radius 2 is 1.84 bits per heavy atom. The molecule has 0 aliphatic carbocycles. The monoisotopic (exact) mass is 358 g/mol. The lowest BCUT2D eigenvalue weighted by molar-refractivity contribution is -0.121. The van der Waals surface area contributed by atoms with Gasteiger partial charge in [0.15, 0.2) is 11.5 Å². The standard InChI is InChI=1S/C18H15ClN2O4/c19-12-2-4-13(5-3-12)21-17(22)8-14(18(21)23)20-9-11-1-6-15-16(7-11)25-10-24-15/h1-7,14,20H,8-10H2/t14-/m1/s1. The summed E-state index contributed by atoms with van der Waals surface area (Å²) >= 11 is 5.86. The van der Waals surface area contributed by atoms with Gasteiger partial charge in [-0.15, -0.1) is 0 Å². The maximum Gasteiger partial charge on any atom is 0.251 e. The van der Waals surface area contributed by atoms with Crippen LogP contribution in [0.4, 0.5) is 5.69 Å². The number of benzene rings is 2. The van der Waals surface area contributed by atoms with Crippen LogP contribution in [0.15, 0.2) is 42.5 Å². The summed E-state index contributed by atoms with van der Waals surface area (Å²) in [6, 6.07) is 11.7. The zero-order valence-corrected chi connectivity index (χ0v) is 14.0. The number of imide groups is 1. The van der Waals surface area contributed by atoms with Crippen molar-refractivity contribution >= 4 is 29.1 Å². The molecule has 1 saturated heterocycles. The summed E-state index contributed by atoms with van der Waals surface area (Å²) in [7, 11) is 0. The second kappa shape index (κ2) is 6.38. The largest absolute Gasteiger partial charge is 0.454 e. The number of carbonyl (C=O) groups excluding carboxylic acids is 2. The number of anilines is 1. The molecule has 25 heavy (non-hydrogen) atoms. The van der Waals surface area contributed by atoms with Gasteiger partial charge in [0.1, 0.15) is 0 Å². The third-order valence-electron chi connectivity index (χ3n) is 4.22. The van der Waals surface area contributed by atoms with Crippen LogP contribution in [-0.2, 0) is 16.1 Å². The smallest absolute Gasteiger partial charge is 0.251 e. The van der Waals surface area contributed by atoms with E-state index in [0.717, 1.165) is 5.56 Å². The third kappa shape index (κ3) is 3.06. The molecule has 0 spiro atoms. The molecule has 0 aromatic heterocycles. The molecule has 0 unspecified atom stereocenters. The van der Waals surface area contributed by atoms with Crippen LogP contribution in [0.5, 0.6) is 11.5 Å². The van der Waals surface area contributed by atoms with E-state index in [2.05, 4.69) is 5.32 Å². The van der Waals surface area contributed by atoms with E-state index in [1.807, 2.05) is 18.2 Å². The van der Waals surface area contributed by atoms with Crippen LogP contribution in [0.3, 0.4) is 0 Å². The molecule has 2 heterocycles. The number of fused-ring (bicyclic) bond motifs is 1. The molecular weight excluding hydrogens is 344 g/mol. The minimum atomic E-state index is -0.548. The molecule has 128 valence electrons. The number of halogens is 1. The molecule has 0 bridgehead atoms. The van der Waals surface area contributed by atoms with Crippen molar-refractivity contribution in [3.8, 4) is 11.5 Å². The van der Waals surface area contributed by atoms with Crippen molar-refractivity contribution in [3.05, 3.63) is 53.1 Å². The third-order valence-corrected chi connectivity index (χ3v) is 4.47. The Labute approximate surface area is 149 Å². The van der Waals surface area contributed by atoms with Crippen molar-refractivity contribution in [1.29, 1.82) is 0 Å². The summed E-state index contributed by atoms with van der Waals surface area (Å²) in [4.78, 5) is 26.0. The van der Waals surface area contributed by atoms with E-state index < -0.39 is 6.04 Å². The molecule has 2 amide bonds. The Morgan fingerprint density at radius 1 is 1.08 bits per heavy atom. The van der Waals surface area contributed by atoms with E-state index in [4.69, 9.17) is 21.1 Å². The molecular formula is C18H15ClN2O4. The molecule has 0 radical (unpaired) electrons. The summed E-state index contributed by atoms with van der Waals surface area (Å²) < 4.78 is 10.6. The van der Waals surface area contributed by atoms with Crippen LogP contribution >= 0.6 is 11.6 Å². The van der Waals surface area contributed by atoms with E-state index in [1.54, 1.807) is 24.3 Å². The quantitative estimate of drug-likeness (QED) is 0.850. The topological polar surface area (TPSA) is 67.9 Å². The van der Waals surface area contributed by atoms with Gasteiger partial charge in [-0.05, 0) is 42.0 Å². The highest BCUT2D eigenvalue weighted by Crippen LogP contribution is 2.32. The molecule has 1 fully saturated rings. The Hall–Kier alpha value is -2.57. The van der Waals surface area contributed by atoms with E-state index in [0.29, 0.717) is 28.8 Å². The van der Waals surface area contributed by atoms with Gasteiger partial charge < -0.3 is 14.8 Å². The first kappa shape index (κ1) is 15.9. The summed E-state index contributed by atoms with van der Waals surface area (Å²) in [6.07, 6.45) is 0.131. The fourth-order valence-electron chi connectivity index (χ4n) is 2.94. The van der Waals surface area contributed by atoms with Crippen molar-refractivity contribution in [1.82, 2.24) is 5.32 Å². The molecule has 6 nitrogen and oxygen atoms in total. The average Bonchev–Trinajstić information content (AvgIpc) is 3.18. The SMILES string of the molecule is O=C1C[C@@H](NCc2ccc3c(c2)OCO3)C(=O)N1c1ccc(Cl)cc1. The van der Waals surface area contributed by atoms with Crippen LogP contribution in [0.2, 0.25) is 5.02 Å². The number of hydrogen-bond acceptors (Lipinski definition) is 5. The predicted octanol–water partition coefficient (Wildman–Crippen LogP) is 2.49. The van der Waals surface area contributed by atoms with Crippen molar-refractivity contribution < 1.29 is 19.1 Å². The highest BCUT2D eigenvalue weighted by molar-refractivity contribution is 6.30. The summed E-state index contributed by atoms with van der Waals surface area (Å²) in [6.45, 7) is 0.673. The Balaban J connectivity index is 1.44. The molecule has 1 atom stereocenters. The predicted molar refractivity (Wildman–Crippen MR) is 91.8 cm³/mol. The van der Waals surface area contributed by atoms with Crippen molar-refractivity contribution in [2.24, 2.45) is 0 Å². The summed E-state index contributed by atoms with van der Waals surface area (Å²) in [5, 5.41) is 3.70. The molecule has 2 aromatic carbocycles. The van der Waals surface area contributed by atoms with Gasteiger partial charge in [0.05, 0.1) is 18.2 Å². The number of rotatable bonds is 4. The molecule has 7 heteroatoms. The van der Waals surface area contributed by atoms with Crippen LogP contribution in [0, 0.1) is 0 Å². The first-order valence-corrected chi connectivity index (χ1v) is 8.24. The normalized spacial score (nSPS) is 18.9. The fraction of sp³-hybridized carbons (Fsp3) is 0.222. The Kier molecular flexibility index (Phi) is 4.07. The van der Waals surface area contributed by atoms with E-state index in [9.17, 15) is 9.59 Å². The first-order chi connectivity index (χ1) is 12.1. The maximum atomic E-state index is 12.6. The molecule has 2 aliphatic rings. The van der Waals surface area contributed by atoms with Crippen molar-refractivity contribution in [2.75, 3.05) is 11.7 Å². The second-order valence-corrected chi connectivity index (χ2v) is 6.31. The van der Waals surface area contributed by atoms with E-state index in [-0.39, 0.29) is 25.0 Å². The Bertz CT molecular complexity index is 837. The fourth-order valence-corrected chi connectivity index (χ4v) is 3.07. The van der Waals surface area contributed by atoms with Gasteiger partial charge in [0.25, 0.3) is 5.91 Å². The number of carbonyl (C=O) groups is 2. The van der Waals surface area contributed by atoms with Gasteiger partial charge in [-0.25, -0.2) is 4.90 Å². The van der Waals surface area contributed by atoms with Gasteiger partial charge in [-0.1, -0.05) is 17.7 Å². The molecule has 0 saturated carbocycles. The van der Waals surface area contributed by atoms with Gasteiger partial charge in [0, 0.05) is 11.6 Å². The van der Waals surface area contributed by atoms with Crippen molar-refractivity contribution in [2.45, 2.75) is 19.0 Å². The van der Waals surface area contributed by atoms with Gasteiger partial charge in [0.2, 0.25) is 12.7 Å². The number of hydrogen-bond donors (Lipinski definition) is 1. The van der Waals surface area contributed by atoms with E-state index >= 15 is 0 Å². The highest BCUT2D eigenvalue weighted by Gasteiger charge is 2.39. The van der Waals surface area contributed by atoms with Crippen LogP contribution in [0.25, 0.3) is 0 Å². The lowest BCUT2D eigenvalue weighted by Gasteiger charge is -2.15. The highest BCUT2D eigenvalue weighted by atomic mass is 35.5.